The van der Waals surface area contributed by atoms with Gasteiger partial charge in [-0.1, -0.05) is 166 Å². The molecule has 0 atom stereocenters. The molecule has 0 spiro atoms. The number of phenolic OH excluding ortho intramolecular Hbond substituents is 1. The summed E-state index contributed by atoms with van der Waals surface area (Å²) in [6, 6.07) is 65.5. The summed E-state index contributed by atoms with van der Waals surface area (Å²) < 4.78 is 13.6. The summed E-state index contributed by atoms with van der Waals surface area (Å²) >= 11 is 2.55. The van der Waals surface area contributed by atoms with E-state index in [1.54, 1.807) is 0 Å². The molecule has 0 aliphatic carbocycles. The molecule has 60 heavy (non-hydrogen) atoms. The van der Waals surface area contributed by atoms with Crippen LogP contribution < -0.4 is 10.3 Å². The molecule has 0 unspecified atom stereocenters. The van der Waals surface area contributed by atoms with Crippen molar-refractivity contribution in [3.05, 3.63) is 216 Å². The van der Waals surface area contributed by atoms with E-state index in [2.05, 4.69) is 115 Å². The van der Waals surface area contributed by atoms with E-state index in [4.69, 9.17) is 0 Å². The summed E-state index contributed by atoms with van der Waals surface area (Å²) in [4.78, 5) is 4.11. The van der Waals surface area contributed by atoms with Crippen LogP contribution in [0.5, 0.6) is 5.75 Å². The molecular weight excluding hydrogens is 989 g/mol. The molecule has 1 aromatic heterocycles. The van der Waals surface area contributed by atoms with E-state index in [1.807, 2.05) is 146 Å². The average molecular weight is 1040 g/mol. The SMILES string of the molecule is CC(C)([CH]=[W]=[O])c1ccccc1.C[PH+](C)c1ccccc1.Cc1ccc(C)[n-]1.Oc1c(-c2ccccc2)c(-c2ccccc2)c(Br)c(-c2ccccc2)c1-c1ccccc1. The molecule has 8 rings (SSSR count). The van der Waals surface area contributed by atoms with Gasteiger partial charge in [0.15, 0.2) is 0 Å². The van der Waals surface area contributed by atoms with Gasteiger partial charge in [-0.2, -0.15) is 11.4 Å². The number of rotatable bonds is 7. The van der Waals surface area contributed by atoms with Gasteiger partial charge in [0.1, 0.15) is 5.75 Å². The Morgan fingerprint density at radius 3 is 1.12 bits per heavy atom. The third-order valence-electron chi connectivity index (χ3n) is 9.79. The molecule has 0 aliphatic heterocycles. The van der Waals surface area contributed by atoms with Gasteiger partial charge in [-0.15, -0.1) is 0 Å². The Morgan fingerprint density at radius 2 is 0.833 bits per heavy atom. The molecule has 0 aliphatic rings. The van der Waals surface area contributed by atoms with Gasteiger partial charge in [-0.05, 0) is 50.3 Å². The third-order valence-corrected chi connectivity index (χ3v) is 14.5. The fourth-order valence-corrected chi connectivity index (χ4v) is 9.72. The van der Waals surface area contributed by atoms with Crippen LogP contribution in [0.1, 0.15) is 30.8 Å². The van der Waals surface area contributed by atoms with Crippen molar-refractivity contribution < 1.29 is 26.6 Å². The first-order chi connectivity index (χ1) is 29.0. The van der Waals surface area contributed by atoms with Gasteiger partial charge in [-0.3, -0.25) is 0 Å². The number of hydrogen-bond acceptors (Lipinski definition) is 2. The van der Waals surface area contributed by atoms with E-state index in [0.717, 1.165) is 60.4 Å². The minimum Gasteiger partial charge on any atom is -0.665 e. The van der Waals surface area contributed by atoms with E-state index in [-0.39, 0.29) is 19.1 Å². The molecule has 304 valence electrons. The van der Waals surface area contributed by atoms with Crippen molar-refractivity contribution in [1.29, 1.82) is 0 Å². The number of hydrogen-bond donors (Lipinski definition) is 1. The second-order valence-electron chi connectivity index (χ2n) is 15.0. The van der Waals surface area contributed by atoms with Crippen LogP contribution >= 0.6 is 23.9 Å². The third kappa shape index (κ3) is 12.7. The fraction of sp³-hybridized carbons (Fsp3) is 0.130. The quantitative estimate of drug-likeness (QED) is 0.162. The normalized spacial score (nSPS) is 10.5. The van der Waals surface area contributed by atoms with Crippen molar-refractivity contribution in [1.82, 2.24) is 4.98 Å². The Balaban J connectivity index is 0.000000197. The topological polar surface area (TPSA) is 51.4 Å². The summed E-state index contributed by atoms with van der Waals surface area (Å²) in [6.45, 7) is 12.8. The predicted molar refractivity (Wildman–Crippen MR) is 259 cm³/mol. The Kier molecular flexibility index (Phi) is 17.6. The molecule has 0 saturated heterocycles. The molecular formula is C54H53BrNO2PW. The zero-order valence-electron chi connectivity index (χ0n) is 35.1. The maximum atomic E-state index is 11.9. The summed E-state index contributed by atoms with van der Waals surface area (Å²) in [5.74, 6) is 0.281. The van der Waals surface area contributed by atoms with E-state index in [9.17, 15) is 8.50 Å². The molecule has 0 bridgehead atoms. The van der Waals surface area contributed by atoms with Gasteiger partial charge < -0.3 is 10.1 Å². The van der Waals surface area contributed by atoms with E-state index < -0.39 is 18.1 Å². The maximum Gasteiger partial charge on any atom is 0.132 e. The second kappa shape index (κ2) is 23.0. The van der Waals surface area contributed by atoms with Gasteiger partial charge >= 0.3 is 81.0 Å². The molecule has 1 N–H and O–H groups in total. The van der Waals surface area contributed by atoms with Crippen molar-refractivity contribution in [3.8, 4) is 50.3 Å². The number of halogens is 1. The van der Waals surface area contributed by atoms with E-state index in [0.29, 0.717) is 0 Å². The minimum absolute atomic E-state index is 0.0202. The fourth-order valence-electron chi connectivity index (χ4n) is 6.65. The van der Waals surface area contributed by atoms with Gasteiger partial charge in [0.05, 0.1) is 18.6 Å². The monoisotopic (exact) mass is 1040 g/mol. The molecule has 3 nitrogen and oxygen atoms in total. The van der Waals surface area contributed by atoms with Gasteiger partial charge in [0.2, 0.25) is 0 Å². The van der Waals surface area contributed by atoms with Crippen LogP contribution in [0.4, 0.5) is 0 Å². The minimum atomic E-state index is -1.43. The van der Waals surface area contributed by atoms with Gasteiger partial charge in [0.25, 0.3) is 0 Å². The zero-order chi connectivity index (χ0) is 42.9. The Bertz CT molecular complexity index is 2330. The van der Waals surface area contributed by atoms with Gasteiger partial charge in [-0.25, -0.2) is 0 Å². The standard InChI is InChI=1S/C30H21BrO.C10H12.C8H11P.C6H8N.O.W/c31-29-25(21-13-5-1-6-14-21)27(23-17-9-3-10-18-23)30(32)28(24-19-11-4-12-20-24)26(29)22-15-7-2-8-16-22;1-10(2,3)9-7-5-4-6-8-9;1-9(2)8-6-4-3-5-7-8;1-5-3-4-6(2)7-5;;/h1-20,32H;1,4-8H,2-3H3;3-7H,1-2H3;3-4H,1-2H3;;/q;;;-1;;/p+1. The van der Waals surface area contributed by atoms with Crippen LogP contribution in [0.25, 0.3) is 44.5 Å². The van der Waals surface area contributed by atoms with Crippen LogP contribution in [0, 0.1) is 13.8 Å². The molecule has 6 heteroatoms. The first-order valence-corrected chi connectivity index (χ1v) is 26.1. The number of aryl methyl sites for hydroxylation is 2. The van der Waals surface area contributed by atoms with Crippen molar-refractivity contribution >= 4 is 33.6 Å². The number of benzene rings is 7. The maximum absolute atomic E-state index is 11.9. The number of aromatic nitrogens is 1. The second-order valence-corrected chi connectivity index (χ2v) is 19.9. The van der Waals surface area contributed by atoms with Gasteiger partial charge in [0, 0.05) is 34.6 Å². The molecule has 7 aromatic carbocycles. The first-order valence-electron chi connectivity index (χ1n) is 19.9. The molecule has 0 radical (unpaired) electrons. The number of phenols is 1. The Morgan fingerprint density at radius 1 is 0.517 bits per heavy atom. The van der Waals surface area contributed by atoms with Crippen LogP contribution in [0.15, 0.2) is 199 Å². The number of aromatic hydroxyl groups is 1. The van der Waals surface area contributed by atoms with Crippen LogP contribution in [-0.4, -0.2) is 22.8 Å². The van der Waals surface area contributed by atoms with Crippen LogP contribution in [-0.2, 0) is 26.9 Å². The molecule has 0 amide bonds. The van der Waals surface area contributed by atoms with Crippen molar-refractivity contribution in [2.24, 2.45) is 0 Å². The number of nitrogens with zero attached hydrogens (tertiary/aromatic N) is 1. The van der Waals surface area contributed by atoms with Crippen LogP contribution in [0.2, 0.25) is 0 Å². The molecule has 0 fully saturated rings. The first kappa shape index (κ1) is 46.0. The summed E-state index contributed by atoms with van der Waals surface area (Å²) in [5, 5.41) is 13.4. The molecule has 0 saturated carbocycles. The van der Waals surface area contributed by atoms with Crippen molar-refractivity contribution in [2.75, 3.05) is 13.3 Å². The van der Waals surface area contributed by atoms with Crippen molar-refractivity contribution in [2.45, 2.75) is 33.1 Å². The van der Waals surface area contributed by atoms with Crippen molar-refractivity contribution in [3.63, 3.8) is 0 Å². The zero-order valence-corrected chi connectivity index (χ0v) is 40.7. The molecule has 1 heterocycles. The average Bonchev–Trinajstić information content (AvgIpc) is 3.68. The van der Waals surface area contributed by atoms with Crippen LogP contribution in [0.3, 0.4) is 0 Å². The van der Waals surface area contributed by atoms with E-state index in [1.165, 1.54) is 10.9 Å². The summed E-state index contributed by atoms with van der Waals surface area (Å²) in [6.07, 6.45) is 0. The predicted octanol–water partition coefficient (Wildman–Crippen LogP) is 14.1. The molecule has 8 aromatic rings. The Hall–Kier alpha value is -5.11. The Labute approximate surface area is 374 Å². The summed E-state index contributed by atoms with van der Waals surface area (Å²) in [7, 11) is -0.212. The largest absolute Gasteiger partial charge is 0.665 e. The smallest absolute Gasteiger partial charge is 0.132 e. The summed E-state index contributed by atoms with van der Waals surface area (Å²) in [5.41, 5.74) is 11.1. The van der Waals surface area contributed by atoms with E-state index >= 15 is 0 Å².